The molecule has 0 amide bonds. The summed E-state index contributed by atoms with van der Waals surface area (Å²) in [5.74, 6) is -2.08. The largest absolute Gasteiger partial charge is 0.494 e. The fraction of sp³-hybridized carbons (Fsp3) is 0.414. The number of aromatic nitrogens is 1. The number of aromatic hydroxyl groups is 2. The van der Waals surface area contributed by atoms with E-state index in [4.69, 9.17) is 16.3 Å². The van der Waals surface area contributed by atoms with Gasteiger partial charge in [-0.2, -0.15) is 0 Å². The summed E-state index contributed by atoms with van der Waals surface area (Å²) in [6, 6.07) is 11.0. The van der Waals surface area contributed by atoms with E-state index in [1.54, 1.807) is 12.1 Å². The molecule has 1 aliphatic carbocycles. The van der Waals surface area contributed by atoms with Gasteiger partial charge < -0.3 is 20.1 Å². The molecule has 1 atom stereocenters. The maximum absolute atomic E-state index is 15.0. The fourth-order valence-electron chi connectivity index (χ4n) is 5.26. The zero-order valence-corrected chi connectivity index (χ0v) is 22.3. The molecule has 1 saturated carbocycles. The Morgan fingerprint density at radius 2 is 1.74 bits per heavy atom. The van der Waals surface area contributed by atoms with E-state index < -0.39 is 23.6 Å². The number of ether oxygens (including phenoxy) is 1. The highest BCUT2D eigenvalue weighted by molar-refractivity contribution is 6.30. The molecule has 7 nitrogen and oxygen atoms in total. The summed E-state index contributed by atoms with van der Waals surface area (Å²) < 4.78 is 36.1. The monoisotopic (exact) mass is 562 g/mol. The molecule has 1 unspecified atom stereocenters. The van der Waals surface area contributed by atoms with Crippen molar-refractivity contribution in [3.05, 3.63) is 76.3 Å². The van der Waals surface area contributed by atoms with Crippen LogP contribution in [0.3, 0.4) is 0 Å². The molecule has 1 fully saturated rings. The number of aliphatic carboxylic acids is 1. The summed E-state index contributed by atoms with van der Waals surface area (Å²) >= 11 is 5.88. The Bertz CT molecular complexity index is 1260. The summed E-state index contributed by atoms with van der Waals surface area (Å²) in [7, 11) is 0. The van der Waals surface area contributed by atoms with E-state index in [-0.39, 0.29) is 48.6 Å². The molecule has 1 heterocycles. The maximum Gasteiger partial charge on any atom is 0.305 e. The highest BCUT2D eigenvalue weighted by atomic mass is 35.5. The lowest BCUT2D eigenvalue weighted by molar-refractivity contribution is -0.138. The van der Waals surface area contributed by atoms with Crippen LogP contribution in [-0.2, 0) is 17.9 Å². The van der Waals surface area contributed by atoms with Crippen molar-refractivity contribution in [1.29, 1.82) is 0 Å². The van der Waals surface area contributed by atoms with Crippen LogP contribution in [0.25, 0.3) is 0 Å². The number of rotatable bonds is 12. The zero-order chi connectivity index (χ0) is 27.9. The Morgan fingerprint density at radius 3 is 2.38 bits per heavy atom. The molecule has 0 bridgehead atoms. The van der Waals surface area contributed by atoms with Gasteiger partial charge in [-0.05, 0) is 54.2 Å². The van der Waals surface area contributed by atoms with Gasteiger partial charge in [-0.25, -0.2) is 8.78 Å². The van der Waals surface area contributed by atoms with E-state index in [9.17, 15) is 24.5 Å². The standard InChI is InChI=1S/C29H33ClF2N2O5/c30-22-8-7-21(15-23(22)31)25(16-29(37)38)33(17-19-4-2-1-3-5-19)18-20-6-9-26(24(32)14-20)39-13-12-34-27(35)10-11-28(34)36/h6-11,14-15,19,25,35-36H,1-5,12-13,16-18H2,(H,37,38). The van der Waals surface area contributed by atoms with Crippen LogP contribution in [0.1, 0.15) is 55.7 Å². The molecule has 4 rings (SSSR count). The summed E-state index contributed by atoms with van der Waals surface area (Å²) in [4.78, 5) is 13.9. The average Bonchev–Trinajstić information content (AvgIpc) is 3.22. The highest BCUT2D eigenvalue weighted by Gasteiger charge is 2.28. The summed E-state index contributed by atoms with van der Waals surface area (Å²) in [6.07, 6.45) is 5.20. The second kappa shape index (κ2) is 13.2. The molecule has 0 radical (unpaired) electrons. The predicted molar refractivity (Wildman–Crippen MR) is 143 cm³/mol. The lowest BCUT2D eigenvalue weighted by atomic mass is 9.88. The van der Waals surface area contributed by atoms with Crippen molar-refractivity contribution < 1.29 is 33.6 Å². The van der Waals surface area contributed by atoms with Crippen LogP contribution >= 0.6 is 11.6 Å². The van der Waals surface area contributed by atoms with Crippen molar-refractivity contribution in [2.45, 2.75) is 57.7 Å². The van der Waals surface area contributed by atoms with Crippen molar-refractivity contribution in [3.8, 4) is 17.5 Å². The quantitative estimate of drug-likeness (QED) is 0.233. The van der Waals surface area contributed by atoms with Gasteiger partial charge in [0.05, 0.1) is 18.0 Å². The molecule has 0 saturated heterocycles. The van der Waals surface area contributed by atoms with E-state index >= 15 is 4.39 Å². The highest BCUT2D eigenvalue weighted by Crippen LogP contribution is 2.33. The number of benzene rings is 2. The average molecular weight is 563 g/mol. The van der Waals surface area contributed by atoms with Gasteiger partial charge in [-0.1, -0.05) is 43.0 Å². The number of hydrogen-bond donors (Lipinski definition) is 3. The molecular weight excluding hydrogens is 530 g/mol. The minimum Gasteiger partial charge on any atom is -0.494 e. The molecule has 39 heavy (non-hydrogen) atoms. The first kappa shape index (κ1) is 28.7. The molecule has 1 aliphatic rings. The predicted octanol–water partition coefficient (Wildman–Crippen LogP) is 6.51. The van der Waals surface area contributed by atoms with Crippen LogP contribution in [0.2, 0.25) is 5.02 Å². The van der Waals surface area contributed by atoms with Gasteiger partial charge in [0.2, 0.25) is 0 Å². The Kier molecular flexibility index (Phi) is 9.69. The molecular formula is C29H33ClF2N2O5. The van der Waals surface area contributed by atoms with Crippen molar-refractivity contribution >= 4 is 17.6 Å². The molecule has 1 aromatic heterocycles. The van der Waals surface area contributed by atoms with Crippen LogP contribution in [0.4, 0.5) is 8.78 Å². The van der Waals surface area contributed by atoms with Crippen molar-refractivity contribution in [1.82, 2.24) is 9.47 Å². The van der Waals surface area contributed by atoms with E-state index in [2.05, 4.69) is 0 Å². The third-order valence-electron chi connectivity index (χ3n) is 7.24. The van der Waals surface area contributed by atoms with Crippen LogP contribution < -0.4 is 4.74 Å². The van der Waals surface area contributed by atoms with Crippen molar-refractivity contribution in [3.63, 3.8) is 0 Å². The maximum atomic E-state index is 15.0. The van der Waals surface area contributed by atoms with E-state index in [0.717, 1.165) is 25.7 Å². The van der Waals surface area contributed by atoms with Gasteiger partial charge in [-0.3, -0.25) is 14.3 Å². The first-order chi connectivity index (χ1) is 18.7. The van der Waals surface area contributed by atoms with Crippen LogP contribution in [-0.4, -0.2) is 43.9 Å². The van der Waals surface area contributed by atoms with Crippen molar-refractivity contribution in [2.75, 3.05) is 13.2 Å². The number of nitrogens with zero attached hydrogens (tertiary/aromatic N) is 2. The molecule has 2 aromatic carbocycles. The molecule has 0 spiro atoms. The number of carbonyl (C=O) groups is 1. The Hall–Kier alpha value is -3.30. The number of carboxylic acid groups (broad SMARTS) is 1. The minimum atomic E-state index is -1.02. The summed E-state index contributed by atoms with van der Waals surface area (Å²) in [6.45, 7) is 1.01. The first-order valence-corrected chi connectivity index (χ1v) is 13.5. The van der Waals surface area contributed by atoms with Crippen LogP contribution in [0.5, 0.6) is 17.5 Å². The van der Waals surface area contributed by atoms with Gasteiger partial charge in [0, 0.05) is 31.3 Å². The van der Waals surface area contributed by atoms with Gasteiger partial charge in [0.1, 0.15) is 12.4 Å². The minimum absolute atomic E-state index is 0.0166. The van der Waals surface area contributed by atoms with Gasteiger partial charge in [0.15, 0.2) is 23.3 Å². The Labute approximate surface area is 231 Å². The van der Waals surface area contributed by atoms with Crippen molar-refractivity contribution in [2.24, 2.45) is 5.92 Å². The van der Waals surface area contributed by atoms with E-state index in [0.29, 0.717) is 23.6 Å². The van der Waals surface area contributed by atoms with E-state index in [1.807, 2.05) is 4.90 Å². The SMILES string of the molecule is O=C(O)CC(c1ccc(Cl)c(F)c1)N(Cc1ccc(OCCn2c(O)ccc2O)c(F)c1)CC1CCCCC1. The third-order valence-corrected chi connectivity index (χ3v) is 7.55. The molecule has 3 aromatic rings. The molecule has 0 aliphatic heterocycles. The molecule has 3 N–H and O–H groups in total. The topological polar surface area (TPSA) is 95.2 Å². The van der Waals surface area contributed by atoms with Gasteiger partial charge >= 0.3 is 5.97 Å². The normalized spacial score (nSPS) is 15.0. The smallest absolute Gasteiger partial charge is 0.305 e. The Balaban J connectivity index is 1.53. The van der Waals surface area contributed by atoms with Crippen LogP contribution in [0, 0.1) is 17.6 Å². The number of halogens is 3. The van der Waals surface area contributed by atoms with Gasteiger partial charge in [-0.15, -0.1) is 0 Å². The lowest BCUT2D eigenvalue weighted by Crippen LogP contribution is -2.35. The third kappa shape index (κ3) is 7.64. The molecule has 10 heteroatoms. The fourth-order valence-corrected chi connectivity index (χ4v) is 5.38. The molecule has 210 valence electrons. The second-order valence-electron chi connectivity index (χ2n) is 10.0. The Morgan fingerprint density at radius 1 is 1.03 bits per heavy atom. The lowest BCUT2D eigenvalue weighted by Gasteiger charge is -2.35. The summed E-state index contributed by atoms with van der Waals surface area (Å²) in [5, 5.41) is 29.1. The van der Waals surface area contributed by atoms with Gasteiger partial charge in [0.25, 0.3) is 0 Å². The number of hydrogen-bond acceptors (Lipinski definition) is 5. The zero-order valence-electron chi connectivity index (χ0n) is 21.5. The first-order valence-electron chi connectivity index (χ1n) is 13.1. The summed E-state index contributed by atoms with van der Waals surface area (Å²) in [5.41, 5.74) is 1.13. The number of carboxylic acids is 1. The second-order valence-corrected chi connectivity index (χ2v) is 10.4. The van der Waals surface area contributed by atoms with Crippen LogP contribution in [0.15, 0.2) is 48.5 Å². The van der Waals surface area contributed by atoms with E-state index in [1.165, 1.54) is 47.4 Å².